The number of aromatic hydroxyl groups is 4. The second-order valence-electron chi connectivity index (χ2n) is 15.3. The van der Waals surface area contributed by atoms with E-state index in [1.165, 1.54) is 0 Å². The second-order valence-corrected chi connectivity index (χ2v) is 15.3. The van der Waals surface area contributed by atoms with Crippen molar-refractivity contribution < 1.29 is 45.4 Å². The minimum atomic E-state index is -0.227. The molecule has 0 saturated heterocycles. The topological polar surface area (TPSA) is 160 Å². The fourth-order valence-corrected chi connectivity index (χ4v) is 8.10. The SMILES string of the molecule is C=C(C)[C@H]1CCC(CO)=C[C@@H]1c1c(O)cc(CCCCCCO[N+](=O)OCCCCCCc2cc(O)c([C@H]3C=C(CO)CC[C@@H]3C(=C)C)c(O)c2)cc1O. The predicted octanol–water partition coefficient (Wildman–Crippen LogP) is 9.03. The van der Waals surface area contributed by atoms with Crippen molar-refractivity contribution in [3.8, 4) is 23.0 Å². The van der Waals surface area contributed by atoms with Crippen LogP contribution in [0.3, 0.4) is 0 Å². The Balaban J connectivity index is 1.07. The van der Waals surface area contributed by atoms with Gasteiger partial charge in [0.05, 0.1) is 13.2 Å². The Morgan fingerprint density at radius 2 is 0.981 bits per heavy atom. The van der Waals surface area contributed by atoms with Crippen LogP contribution in [0, 0.1) is 16.7 Å². The Hall–Kier alpha value is -4.28. The zero-order chi connectivity index (χ0) is 39.2. The molecule has 0 fully saturated rings. The van der Waals surface area contributed by atoms with E-state index in [1.54, 1.807) is 24.3 Å². The molecule has 2 aromatic carbocycles. The smallest absolute Gasteiger partial charge is 0.477 e. The standard InChI is InChI=1S/C44H61NO9/c1-29(2)35-17-15-33(27-46)21-37(35)43-39(48)23-31(24-40(43)49)13-9-5-7-11-19-53-45(52)54-20-12-8-6-10-14-32-25-41(50)44(42(51)26-32)38-22-34(28-47)16-18-36(38)30(3)4/h21-26,35-38,46-47H,1,3,5-20,27-28H2,2,4H3,(H3-,48,49,50,51)/p+1/t35-,36-,37+,38+/m1/s1. The minimum Gasteiger partial charge on any atom is -0.507 e. The van der Waals surface area contributed by atoms with Gasteiger partial charge in [0, 0.05) is 23.0 Å². The highest BCUT2D eigenvalue weighted by Crippen LogP contribution is 2.48. The van der Waals surface area contributed by atoms with Gasteiger partial charge in [-0.3, -0.25) is 0 Å². The molecule has 2 aliphatic rings. The van der Waals surface area contributed by atoms with Crippen LogP contribution in [0.4, 0.5) is 0 Å². The average molecular weight is 749 g/mol. The van der Waals surface area contributed by atoms with Gasteiger partial charge in [0.1, 0.15) is 27.9 Å². The highest BCUT2D eigenvalue weighted by molar-refractivity contribution is 5.53. The van der Waals surface area contributed by atoms with Gasteiger partial charge in [0.2, 0.25) is 0 Å². The Morgan fingerprint density at radius 3 is 1.31 bits per heavy atom. The van der Waals surface area contributed by atoms with Crippen LogP contribution in [-0.2, 0) is 22.5 Å². The van der Waals surface area contributed by atoms with Crippen LogP contribution in [0.15, 0.2) is 71.9 Å². The van der Waals surface area contributed by atoms with Crippen LogP contribution >= 0.6 is 0 Å². The van der Waals surface area contributed by atoms with Crippen LogP contribution in [0.2, 0.25) is 0 Å². The molecule has 4 rings (SSSR count). The number of allylic oxidation sites excluding steroid dienone is 4. The number of rotatable bonds is 22. The van der Waals surface area contributed by atoms with E-state index in [1.807, 2.05) is 26.0 Å². The van der Waals surface area contributed by atoms with Gasteiger partial charge in [-0.25, -0.2) is 0 Å². The van der Waals surface area contributed by atoms with Gasteiger partial charge in [-0.2, -0.15) is 9.68 Å². The third kappa shape index (κ3) is 11.9. The number of benzene rings is 2. The molecule has 0 spiro atoms. The fourth-order valence-electron chi connectivity index (χ4n) is 8.10. The average Bonchev–Trinajstić information content (AvgIpc) is 3.13. The lowest BCUT2D eigenvalue weighted by Crippen LogP contribution is -2.18. The maximum Gasteiger partial charge on any atom is 0.477 e. The van der Waals surface area contributed by atoms with Gasteiger partial charge in [-0.15, -0.1) is 0 Å². The number of hydrogen-bond donors (Lipinski definition) is 6. The molecule has 0 radical (unpaired) electrons. The highest BCUT2D eigenvalue weighted by Gasteiger charge is 2.32. The zero-order valence-electron chi connectivity index (χ0n) is 32.3. The van der Waals surface area contributed by atoms with E-state index in [0.29, 0.717) is 36.8 Å². The van der Waals surface area contributed by atoms with Crippen molar-refractivity contribution in [3.05, 3.63) is 99.0 Å². The molecular weight excluding hydrogens is 686 g/mol. The molecule has 54 heavy (non-hydrogen) atoms. The summed E-state index contributed by atoms with van der Waals surface area (Å²) >= 11 is 0. The van der Waals surface area contributed by atoms with E-state index in [-0.39, 0.29) is 78.2 Å². The number of hydrogen-bond acceptors (Lipinski definition) is 9. The van der Waals surface area contributed by atoms with Crippen molar-refractivity contribution in [3.63, 3.8) is 0 Å². The minimum absolute atomic E-state index is 0.0320. The first-order chi connectivity index (χ1) is 25.9. The highest BCUT2D eigenvalue weighted by atomic mass is 17.0. The van der Waals surface area contributed by atoms with Crippen molar-refractivity contribution in [1.29, 1.82) is 0 Å². The van der Waals surface area contributed by atoms with Gasteiger partial charge < -0.3 is 30.6 Å². The van der Waals surface area contributed by atoms with Crippen LogP contribution < -0.4 is 0 Å². The van der Waals surface area contributed by atoms with Crippen molar-refractivity contribution in [1.82, 2.24) is 0 Å². The van der Waals surface area contributed by atoms with Crippen molar-refractivity contribution in [2.75, 3.05) is 26.4 Å². The maximum absolute atomic E-state index is 11.9. The molecule has 2 aromatic rings. The summed E-state index contributed by atoms with van der Waals surface area (Å²) in [5, 5.41) is 63.1. The van der Waals surface area contributed by atoms with Gasteiger partial charge in [-0.05, 0) is 149 Å². The summed E-state index contributed by atoms with van der Waals surface area (Å²) in [6.07, 6.45) is 15.1. The Kier molecular flexibility index (Phi) is 16.5. The van der Waals surface area contributed by atoms with Gasteiger partial charge in [0.25, 0.3) is 0 Å². The first kappa shape index (κ1) is 42.5. The predicted molar refractivity (Wildman–Crippen MR) is 210 cm³/mol. The van der Waals surface area contributed by atoms with E-state index in [2.05, 4.69) is 13.2 Å². The molecule has 0 saturated carbocycles. The first-order valence-electron chi connectivity index (χ1n) is 19.7. The number of phenolic OH excluding ortho intramolecular Hbond substituents is 4. The molecule has 0 amide bonds. The lowest BCUT2D eigenvalue weighted by Gasteiger charge is -2.31. The number of aryl methyl sites for hydroxylation is 2. The Labute approximate surface area is 320 Å². The van der Waals surface area contributed by atoms with Gasteiger partial charge in [-0.1, -0.05) is 49.3 Å². The van der Waals surface area contributed by atoms with E-state index >= 15 is 0 Å². The molecule has 4 atom stereocenters. The van der Waals surface area contributed by atoms with Crippen LogP contribution in [0.5, 0.6) is 23.0 Å². The van der Waals surface area contributed by atoms with Crippen molar-refractivity contribution in [2.24, 2.45) is 11.8 Å². The lowest BCUT2D eigenvalue weighted by molar-refractivity contribution is -0.981. The fraction of sp³-hybridized carbons (Fsp3) is 0.545. The molecular formula is C44H62NO9+. The number of aliphatic hydroxyl groups is 2. The lowest BCUT2D eigenvalue weighted by atomic mass is 9.73. The largest absolute Gasteiger partial charge is 0.507 e. The molecule has 296 valence electrons. The molecule has 6 N–H and O–H groups in total. The molecule has 0 aromatic heterocycles. The third-order valence-corrected chi connectivity index (χ3v) is 11.1. The van der Waals surface area contributed by atoms with Gasteiger partial charge >= 0.3 is 5.09 Å². The molecule has 0 unspecified atom stereocenters. The van der Waals surface area contributed by atoms with E-state index < -0.39 is 0 Å². The number of phenols is 4. The molecule has 2 aliphatic carbocycles. The summed E-state index contributed by atoms with van der Waals surface area (Å²) in [7, 11) is 0. The monoisotopic (exact) mass is 748 g/mol. The van der Waals surface area contributed by atoms with Crippen molar-refractivity contribution in [2.45, 2.75) is 116 Å². The normalized spacial score (nSPS) is 19.9. The van der Waals surface area contributed by atoms with Crippen LogP contribution in [0.1, 0.15) is 125 Å². The number of nitrogens with zero attached hydrogens (tertiary/aromatic N) is 1. The summed E-state index contributed by atoms with van der Waals surface area (Å²) in [6, 6.07) is 6.90. The van der Waals surface area contributed by atoms with Crippen LogP contribution in [0.25, 0.3) is 0 Å². The summed E-state index contributed by atoms with van der Waals surface area (Å²) in [5.74, 6) is -0.0254. The second kappa shape index (κ2) is 21.0. The summed E-state index contributed by atoms with van der Waals surface area (Å²) in [5.41, 5.74) is 6.49. The van der Waals surface area contributed by atoms with Crippen LogP contribution in [-0.4, -0.2) is 62.2 Å². The van der Waals surface area contributed by atoms with E-state index in [0.717, 1.165) is 97.6 Å². The Bertz CT molecular complexity index is 1500. The number of aliphatic hydroxyl groups excluding tert-OH is 2. The first-order valence-corrected chi connectivity index (χ1v) is 19.7. The summed E-state index contributed by atoms with van der Waals surface area (Å²) in [4.78, 5) is 22.2. The summed E-state index contributed by atoms with van der Waals surface area (Å²) in [6.45, 7) is 12.6. The van der Waals surface area contributed by atoms with E-state index in [9.17, 15) is 35.5 Å². The van der Waals surface area contributed by atoms with Gasteiger partial charge in [0.15, 0.2) is 13.2 Å². The Morgan fingerprint density at radius 1 is 0.630 bits per heavy atom. The maximum atomic E-state index is 11.9. The zero-order valence-corrected chi connectivity index (χ0v) is 32.3. The van der Waals surface area contributed by atoms with Crippen molar-refractivity contribution >= 4 is 0 Å². The summed E-state index contributed by atoms with van der Waals surface area (Å²) < 4.78 is 0. The molecule has 0 aliphatic heterocycles. The molecule has 10 heteroatoms. The number of unbranched alkanes of at least 4 members (excludes halogenated alkanes) is 6. The molecule has 10 nitrogen and oxygen atoms in total. The quantitative estimate of drug-likeness (QED) is 0.0392. The van der Waals surface area contributed by atoms with E-state index in [4.69, 9.17) is 9.68 Å². The molecule has 0 bridgehead atoms. The molecule has 0 heterocycles. The third-order valence-electron chi connectivity index (χ3n) is 11.1.